The zero-order chi connectivity index (χ0) is 10.4. The Balaban J connectivity index is 2.38. The summed E-state index contributed by atoms with van der Waals surface area (Å²) in [7, 11) is 0. The van der Waals surface area contributed by atoms with Crippen LogP contribution in [0.5, 0.6) is 0 Å². The maximum Gasteiger partial charge on any atom is 0.0724 e. The van der Waals surface area contributed by atoms with Gasteiger partial charge < -0.3 is 5.11 Å². The Morgan fingerprint density at radius 1 is 1.21 bits per heavy atom. The number of aliphatic hydroxyl groups excluding tert-OH is 1. The van der Waals surface area contributed by atoms with Crippen molar-refractivity contribution in [3.63, 3.8) is 0 Å². The van der Waals surface area contributed by atoms with Crippen LogP contribution in [0.15, 0.2) is 11.6 Å². The van der Waals surface area contributed by atoms with Gasteiger partial charge in [0.1, 0.15) is 0 Å². The summed E-state index contributed by atoms with van der Waals surface area (Å²) in [6, 6.07) is 0. The summed E-state index contributed by atoms with van der Waals surface area (Å²) in [6.45, 7) is 7.04. The third-order valence-corrected chi connectivity index (χ3v) is 4.26. The molecule has 0 heterocycles. The summed E-state index contributed by atoms with van der Waals surface area (Å²) in [5, 5.41) is 9.72. The lowest BCUT2D eigenvalue weighted by Crippen LogP contribution is -2.38. The molecule has 0 aromatic carbocycles. The molecule has 2 atom stereocenters. The van der Waals surface area contributed by atoms with Crippen LogP contribution in [0.2, 0.25) is 0 Å². The zero-order valence-electron chi connectivity index (χ0n) is 9.64. The summed E-state index contributed by atoms with van der Waals surface area (Å²) < 4.78 is 0. The fourth-order valence-corrected chi connectivity index (χ4v) is 3.44. The number of fused-ring (bicyclic) bond motifs is 1. The molecule has 1 nitrogen and oxygen atoms in total. The standard InChI is InChI=1S/C13H22O/c1-12(2)6-4-7-13(3)8-5-10(14)9-11(12)13/h9-10,14H,4-8H2,1-3H3/t10-,13-/m0/s1. The maximum absolute atomic E-state index is 9.72. The molecule has 0 aromatic rings. The van der Waals surface area contributed by atoms with Gasteiger partial charge in [0.25, 0.3) is 0 Å². The smallest absolute Gasteiger partial charge is 0.0724 e. The molecule has 14 heavy (non-hydrogen) atoms. The van der Waals surface area contributed by atoms with Gasteiger partial charge >= 0.3 is 0 Å². The second kappa shape index (κ2) is 3.10. The van der Waals surface area contributed by atoms with E-state index >= 15 is 0 Å². The molecule has 0 aliphatic heterocycles. The van der Waals surface area contributed by atoms with Crippen molar-refractivity contribution in [1.29, 1.82) is 0 Å². The minimum atomic E-state index is -0.185. The van der Waals surface area contributed by atoms with E-state index in [2.05, 4.69) is 26.8 Å². The average Bonchev–Trinajstić information content (AvgIpc) is 2.08. The van der Waals surface area contributed by atoms with Crippen molar-refractivity contribution in [2.45, 2.75) is 59.0 Å². The molecule has 80 valence electrons. The third-order valence-electron chi connectivity index (χ3n) is 4.26. The summed E-state index contributed by atoms with van der Waals surface area (Å²) in [5.41, 5.74) is 2.23. The highest BCUT2D eigenvalue weighted by Gasteiger charge is 2.43. The topological polar surface area (TPSA) is 20.2 Å². The van der Waals surface area contributed by atoms with Crippen LogP contribution >= 0.6 is 0 Å². The van der Waals surface area contributed by atoms with Crippen LogP contribution in [-0.2, 0) is 0 Å². The number of hydrogen-bond donors (Lipinski definition) is 1. The highest BCUT2D eigenvalue weighted by atomic mass is 16.3. The van der Waals surface area contributed by atoms with Crippen LogP contribution in [0.3, 0.4) is 0 Å². The highest BCUT2D eigenvalue weighted by Crippen LogP contribution is 2.54. The molecule has 2 rings (SSSR count). The molecule has 0 radical (unpaired) electrons. The van der Waals surface area contributed by atoms with Crippen LogP contribution in [0.25, 0.3) is 0 Å². The lowest BCUT2D eigenvalue weighted by Gasteiger charge is -2.49. The molecule has 0 aromatic heterocycles. The predicted molar refractivity (Wildman–Crippen MR) is 59.1 cm³/mol. The minimum Gasteiger partial charge on any atom is -0.389 e. The second-order valence-electron chi connectivity index (χ2n) is 5.98. The first-order valence-electron chi connectivity index (χ1n) is 5.85. The molecule has 2 aliphatic rings. The molecule has 1 saturated carbocycles. The Morgan fingerprint density at radius 3 is 2.64 bits per heavy atom. The van der Waals surface area contributed by atoms with Crippen molar-refractivity contribution in [3.8, 4) is 0 Å². The van der Waals surface area contributed by atoms with Gasteiger partial charge in [-0.3, -0.25) is 0 Å². The van der Waals surface area contributed by atoms with E-state index in [1.54, 1.807) is 0 Å². The van der Waals surface area contributed by atoms with E-state index in [1.807, 2.05) is 0 Å². The van der Waals surface area contributed by atoms with Crippen molar-refractivity contribution >= 4 is 0 Å². The SMILES string of the molecule is CC1(C)CCC[C@@]2(C)CC[C@H](O)C=C12. The molecular formula is C13H22O. The molecule has 0 saturated heterocycles. The monoisotopic (exact) mass is 194 g/mol. The van der Waals surface area contributed by atoms with Gasteiger partial charge in [0, 0.05) is 0 Å². The average molecular weight is 194 g/mol. The van der Waals surface area contributed by atoms with E-state index in [-0.39, 0.29) is 6.10 Å². The van der Waals surface area contributed by atoms with Gasteiger partial charge in [-0.1, -0.05) is 38.8 Å². The van der Waals surface area contributed by atoms with Gasteiger partial charge in [0.2, 0.25) is 0 Å². The summed E-state index contributed by atoms with van der Waals surface area (Å²) in [5.74, 6) is 0. The van der Waals surface area contributed by atoms with Crippen LogP contribution in [0, 0.1) is 10.8 Å². The van der Waals surface area contributed by atoms with Gasteiger partial charge in [0.15, 0.2) is 0 Å². The zero-order valence-corrected chi connectivity index (χ0v) is 9.64. The van der Waals surface area contributed by atoms with Gasteiger partial charge in [-0.05, 0) is 36.5 Å². The van der Waals surface area contributed by atoms with Crippen molar-refractivity contribution < 1.29 is 5.11 Å². The van der Waals surface area contributed by atoms with Crippen LogP contribution < -0.4 is 0 Å². The van der Waals surface area contributed by atoms with Gasteiger partial charge in [-0.2, -0.15) is 0 Å². The van der Waals surface area contributed by atoms with E-state index in [9.17, 15) is 5.11 Å². The Morgan fingerprint density at radius 2 is 1.93 bits per heavy atom. The summed E-state index contributed by atoms with van der Waals surface area (Å²) in [6.07, 6.45) is 8.02. The Labute approximate surface area is 87.2 Å². The van der Waals surface area contributed by atoms with E-state index < -0.39 is 0 Å². The summed E-state index contributed by atoms with van der Waals surface area (Å²) >= 11 is 0. The van der Waals surface area contributed by atoms with Crippen LogP contribution in [-0.4, -0.2) is 11.2 Å². The van der Waals surface area contributed by atoms with E-state index in [0.717, 1.165) is 6.42 Å². The first-order valence-corrected chi connectivity index (χ1v) is 5.85. The minimum absolute atomic E-state index is 0.185. The molecule has 1 N–H and O–H groups in total. The van der Waals surface area contributed by atoms with Gasteiger partial charge in [0.05, 0.1) is 6.10 Å². The normalized spacial score (nSPS) is 41.4. The van der Waals surface area contributed by atoms with E-state index in [4.69, 9.17) is 0 Å². The first-order chi connectivity index (χ1) is 6.44. The van der Waals surface area contributed by atoms with E-state index in [1.165, 1.54) is 31.3 Å². The Bertz CT molecular complexity index is 264. The number of aliphatic hydroxyl groups is 1. The van der Waals surface area contributed by atoms with Crippen molar-refractivity contribution in [2.75, 3.05) is 0 Å². The lowest BCUT2D eigenvalue weighted by atomic mass is 9.57. The fraction of sp³-hybridized carbons (Fsp3) is 0.846. The maximum atomic E-state index is 9.72. The first kappa shape index (κ1) is 10.2. The van der Waals surface area contributed by atoms with Crippen LogP contribution in [0.1, 0.15) is 52.9 Å². The number of rotatable bonds is 0. The molecule has 2 aliphatic carbocycles. The van der Waals surface area contributed by atoms with Gasteiger partial charge in [-0.25, -0.2) is 0 Å². The lowest BCUT2D eigenvalue weighted by molar-refractivity contribution is 0.118. The molecule has 0 amide bonds. The van der Waals surface area contributed by atoms with Crippen LogP contribution in [0.4, 0.5) is 0 Å². The van der Waals surface area contributed by atoms with E-state index in [0.29, 0.717) is 10.8 Å². The quantitative estimate of drug-likeness (QED) is 0.587. The molecule has 1 fully saturated rings. The molecule has 0 bridgehead atoms. The predicted octanol–water partition coefficient (Wildman–Crippen LogP) is 3.28. The second-order valence-corrected chi connectivity index (χ2v) is 5.98. The van der Waals surface area contributed by atoms with Crippen molar-refractivity contribution in [2.24, 2.45) is 10.8 Å². The molecule has 0 unspecified atom stereocenters. The molecular weight excluding hydrogens is 172 g/mol. The van der Waals surface area contributed by atoms with Crippen molar-refractivity contribution in [3.05, 3.63) is 11.6 Å². The van der Waals surface area contributed by atoms with Gasteiger partial charge in [-0.15, -0.1) is 0 Å². The number of hydrogen-bond acceptors (Lipinski definition) is 1. The Kier molecular flexibility index (Phi) is 2.26. The Hall–Kier alpha value is -0.300. The largest absolute Gasteiger partial charge is 0.389 e. The summed E-state index contributed by atoms with van der Waals surface area (Å²) in [4.78, 5) is 0. The highest BCUT2D eigenvalue weighted by molar-refractivity contribution is 5.27. The molecule has 0 spiro atoms. The fourth-order valence-electron chi connectivity index (χ4n) is 3.44. The van der Waals surface area contributed by atoms with Crippen molar-refractivity contribution in [1.82, 2.24) is 0 Å². The third kappa shape index (κ3) is 1.52. The molecule has 1 heteroatoms. The number of allylic oxidation sites excluding steroid dienone is 1.